The van der Waals surface area contributed by atoms with E-state index in [9.17, 15) is 9.59 Å². The van der Waals surface area contributed by atoms with Gasteiger partial charge in [0, 0.05) is 35.5 Å². The number of ether oxygens (including phenoxy) is 2. The molecule has 6 nitrogen and oxygen atoms in total. The number of hydrogen-bond donors (Lipinski definition) is 1. The molecule has 0 aliphatic heterocycles. The number of aromatic nitrogens is 1. The lowest BCUT2D eigenvalue weighted by Gasteiger charge is -2.15. The van der Waals surface area contributed by atoms with E-state index in [1.54, 1.807) is 6.07 Å². The van der Waals surface area contributed by atoms with Crippen molar-refractivity contribution >= 4 is 33.4 Å². The number of aryl methyl sites for hydroxylation is 2. The van der Waals surface area contributed by atoms with Gasteiger partial charge in [0.25, 0.3) is 0 Å². The average molecular weight is 522 g/mol. The quantitative estimate of drug-likeness (QED) is 0.143. The number of hydrogen-bond acceptors (Lipinski definition) is 4. The molecule has 0 saturated heterocycles. The minimum Gasteiger partial charge on any atom is -0.493 e. The van der Waals surface area contributed by atoms with Gasteiger partial charge >= 0.3 is 5.97 Å². The fourth-order valence-electron chi connectivity index (χ4n) is 4.93. The lowest BCUT2D eigenvalue weighted by atomic mass is 9.95. The number of fused-ring (bicyclic) bond motifs is 2. The Morgan fingerprint density at radius 3 is 2.46 bits per heavy atom. The number of benzene rings is 4. The normalized spacial score (nSPS) is 11.1. The Bertz CT molecular complexity index is 1620. The van der Waals surface area contributed by atoms with Gasteiger partial charge in [0.2, 0.25) is 0 Å². The maximum atomic E-state index is 12.9. The summed E-state index contributed by atoms with van der Waals surface area (Å²) in [6.45, 7) is 3.10. The lowest BCUT2D eigenvalue weighted by molar-refractivity contribution is -0.139. The zero-order valence-corrected chi connectivity index (χ0v) is 21.9. The second-order valence-corrected chi connectivity index (χ2v) is 9.54. The van der Waals surface area contributed by atoms with Gasteiger partial charge in [0.05, 0.1) is 12.1 Å². The lowest BCUT2D eigenvalue weighted by Crippen LogP contribution is -2.09. The maximum absolute atomic E-state index is 12.9. The Labute approximate surface area is 227 Å². The fourth-order valence-corrected chi connectivity index (χ4v) is 4.93. The zero-order valence-electron chi connectivity index (χ0n) is 21.9. The van der Waals surface area contributed by atoms with Gasteiger partial charge < -0.3 is 19.1 Å². The Morgan fingerprint density at radius 2 is 1.67 bits per heavy atom. The summed E-state index contributed by atoms with van der Waals surface area (Å²) in [6, 6.07) is 27.0. The molecule has 0 atom stereocenters. The van der Waals surface area contributed by atoms with E-state index < -0.39 is 5.97 Å². The van der Waals surface area contributed by atoms with Crippen molar-refractivity contribution in [3.8, 4) is 11.5 Å². The van der Waals surface area contributed by atoms with Crippen LogP contribution in [0.4, 0.5) is 0 Å². The Hall–Kier alpha value is -4.58. The molecule has 0 radical (unpaired) electrons. The summed E-state index contributed by atoms with van der Waals surface area (Å²) in [5, 5.41) is 12.1. The van der Waals surface area contributed by atoms with Gasteiger partial charge in [-0.15, -0.1) is 0 Å². The van der Waals surface area contributed by atoms with Crippen molar-refractivity contribution in [3.63, 3.8) is 0 Å². The minimum atomic E-state index is -1.00. The van der Waals surface area contributed by atoms with Crippen LogP contribution >= 0.6 is 0 Å². The van der Waals surface area contributed by atoms with Crippen LogP contribution in [0.25, 0.3) is 21.7 Å². The first-order valence-electron chi connectivity index (χ1n) is 13.2. The highest BCUT2D eigenvalue weighted by Gasteiger charge is 2.13. The van der Waals surface area contributed by atoms with E-state index in [2.05, 4.69) is 11.5 Å². The third-order valence-electron chi connectivity index (χ3n) is 6.80. The van der Waals surface area contributed by atoms with Gasteiger partial charge in [-0.05, 0) is 59.3 Å². The van der Waals surface area contributed by atoms with Crippen molar-refractivity contribution in [1.29, 1.82) is 0 Å². The van der Waals surface area contributed by atoms with E-state index in [4.69, 9.17) is 14.6 Å². The summed E-state index contributed by atoms with van der Waals surface area (Å²) in [7, 11) is 0. The molecule has 6 heteroatoms. The van der Waals surface area contributed by atoms with Crippen LogP contribution in [0, 0.1) is 0 Å². The average Bonchev–Trinajstić information content (AvgIpc) is 3.37. The van der Waals surface area contributed by atoms with Crippen molar-refractivity contribution in [2.45, 2.75) is 32.7 Å². The summed E-state index contributed by atoms with van der Waals surface area (Å²) >= 11 is 0. The molecule has 5 rings (SSSR count). The smallest absolute Gasteiger partial charge is 0.341 e. The number of carbonyl (C=O) groups excluding carboxylic acids is 1. The third kappa shape index (κ3) is 5.96. The van der Waals surface area contributed by atoms with Crippen molar-refractivity contribution in [3.05, 3.63) is 108 Å². The summed E-state index contributed by atoms with van der Waals surface area (Å²) in [5.74, 6) is 0.441. The van der Waals surface area contributed by atoms with Crippen molar-refractivity contribution in [2.24, 2.45) is 0 Å². The highest BCUT2D eigenvalue weighted by molar-refractivity contribution is 6.10. The molecule has 1 aromatic heterocycles. The van der Waals surface area contributed by atoms with E-state index in [0.717, 1.165) is 53.2 Å². The largest absolute Gasteiger partial charge is 0.493 e. The van der Waals surface area contributed by atoms with Crippen LogP contribution in [0.3, 0.4) is 0 Å². The fraction of sp³-hybridized carbons (Fsp3) is 0.212. The highest BCUT2D eigenvalue weighted by atomic mass is 16.5. The van der Waals surface area contributed by atoms with E-state index in [1.165, 1.54) is 5.56 Å². The monoisotopic (exact) mass is 521 g/mol. The molecule has 0 unspecified atom stereocenters. The molecule has 198 valence electrons. The molecule has 0 saturated carbocycles. The second kappa shape index (κ2) is 11.9. The second-order valence-electron chi connectivity index (χ2n) is 9.54. The molecular formula is C33H31NO5. The molecule has 4 aromatic carbocycles. The molecule has 0 bridgehead atoms. The first-order chi connectivity index (χ1) is 19.0. The van der Waals surface area contributed by atoms with E-state index in [1.807, 2.05) is 85.1 Å². The van der Waals surface area contributed by atoms with Crippen LogP contribution in [-0.4, -0.2) is 34.6 Å². The Balaban J connectivity index is 1.28. The summed E-state index contributed by atoms with van der Waals surface area (Å²) in [5.41, 5.74) is 3.53. The number of carbonyl (C=O) groups is 2. The zero-order chi connectivity index (χ0) is 27.2. The van der Waals surface area contributed by atoms with Crippen LogP contribution < -0.4 is 9.47 Å². The molecule has 0 fully saturated rings. The summed E-state index contributed by atoms with van der Waals surface area (Å²) < 4.78 is 13.7. The maximum Gasteiger partial charge on any atom is 0.341 e. The number of carboxylic acid groups (broad SMARTS) is 1. The van der Waals surface area contributed by atoms with Gasteiger partial charge in [-0.2, -0.15) is 0 Å². The van der Waals surface area contributed by atoms with Crippen molar-refractivity contribution < 1.29 is 24.2 Å². The first kappa shape index (κ1) is 26.0. The molecule has 1 N–H and O–H groups in total. The number of carboxylic acids is 1. The number of nitrogens with zero attached hydrogens (tertiary/aromatic N) is 1. The molecule has 5 aromatic rings. The Morgan fingerprint density at radius 1 is 0.846 bits per heavy atom. The van der Waals surface area contributed by atoms with Gasteiger partial charge in [-0.3, -0.25) is 4.79 Å². The Kier molecular flexibility index (Phi) is 7.92. The molecule has 1 heterocycles. The summed E-state index contributed by atoms with van der Waals surface area (Å²) in [6.07, 6.45) is 4.71. The topological polar surface area (TPSA) is 77.8 Å². The minimum absolute atomic E-state index is 0.0213. The van der Waals surface area contributed by atoms with Crippen LogP contribution in [0.2, 0.25) is 0 Å². The molecule has 0 spiro atoms. The van der Waals surface area contributed by atoms with Gasteiger partial charge in [-0.25, -0.2) is 4.79 Å². The van der Waals surface area contributed by atoms with Crippen molar-refractivity contribution in [1.82, 2.24) is 4.57 Å². The molecule has 39 heavy (non-hydrogen) atoms. The van der Waals surface area contributed by atoms with Crippen molar-refractivity contribution in [2.75, 3.05) is 13.2 Å². The predicted octanol–water partition coefficient (Wildman–Crippen LogP) is 6.91. The SMILES string of the molecule is CCCc1c(OCCCn2ccc3ccc(OCC(=O)O)cc32)ccc2cc(C(=O)c3ccccc3)ccc12. The van der Waals surface area contributed by atoms with Crippen LogP contribution in [-0.2, 0) is 17.8 Å². The number of rotatable bonds is 12. The predicted molar refractivity (Wildman–Crippen MR) is 153 cm³/mol. The molecule has 0 amide bonds. The number of ketones is 1. The standard InChI is InChI=1S/C33H31NO5/c1-2-7-29-28-14-11-26(33(37)24-8-4-3-5-9-24)20-25(28)12-15-31(29)38-19-6-17-34-18-16-23-10-13-27(21-30(23)34)39-22-32(35)36/h3-5,8-16,18,20-21H,2,6-7,17,19,22H2,1H3,(H,35,36). The van der Waals surface area contributed by atoms with E-state index in [0.29, 0.717) is 23.5 Å². The number of aliphatic carboxylic acids is 1. The van der Waals surface area contributed by atoms with Gasteiger partial charge in [-0.1, -0.05) is 61.9 Å². The van der Waals surface area contributed by atoms with E-state index >= 15 is 0 Å². The van der Waals surface area contributed by atoms with Crippen LogP contribution in [0.5, 0.6) is 11.5 Å². The van der Waals surface area contributed by atoms with E-state index in [-0.39, 0.29) is 12.4 Å². The first-order valence-corrected chi connectivity index (χ1v) is 13.2. The highest BCUT2D eigenvalue weighted by Crippen LogP contribution is 2.31. The third-order valence-corrected chi connectivity index (χ3v) is 6.80. The van der Waals surface area contributed by atoms with Crippen LogP contribution in [0.1, 0.15) is 41.3 Å². The molecule has 0 aliphatic carbocycles. The van der Waals surface area contributed by atoms with Gasteiger partial charge in [0.1, 0.15) is 11.5 Å². The summed E-state index contributed by atoms with van der Waals surface area (Å²) in [4.78, 5) is 23.8. The molecular weight excluding hydrogens is 490 g/mol. The van der Waals surface area contributed by atoms with Gasteiger partial charge in [0.15, 0.2) is 12.4 Å². The van der Waals surface area contributed by atoms with Crippen LogP contribution in [0.15, 0.2) is 91.1 Å². The molecule has 0 aliphatic rings.